The molecule has 1 fully saturated rings. The summed E-state index contributed by atoms with van der Waals surface area (Å²) in [4.78, 5) is 26.1. The highest BCUT2D eigenvalue weighted by molar-refractivity contribution is 5.94. The Morgan fingerprint density at radius 2 is 2.08 bits per heavy atom. The number of nitrogens with zero attached hydrogens (tertiary/aromatic N) is 1. The first kappa shape index (κ1) is 18.2. The lowest BCUT2D eigenvalue weighted by atomic mass is 10.2. The highest BCUT2D eigenvalue weighted by Gasteiger charge is 2.33. The molecule has 24 heavy (non-hydrogen) atoms. The van der Waals surface area contributed by atoms with Crippen molar-refractivity contribution in [1.29, 1.82) is 0 Å². The maximum absolute atomic E-state index is 12.9. The van der Waals surface area contributed by atoms with E-state index in [2.05, 4.69) is 10.6 Å². The third kappa shape index (κ3) is 5.19. The van der Waals surface area contributed by atoms with Crippen molar-refractivity contribution in [3.8, 4) is 0 Å². The Labute approximate surface area is 141 Å². The molecular formula is C17H24FN3O3. The summed E-state index contributed by atoms with van der Waals surface area (Å²) in [6.45, 7) is 4.26. The smallest absolute Gasteiger partial charge is 0.322 e. The Morgan fingerprint density at radius 3 is 2.79 bits per heavy atom. The average molecular weight is 337 g/mol. The molecule has 6 nitrogen and oxygen atoms in total. The van der Waals surface area contributed by atoms with Crippen LogP contribution < -0.4 is 10.6 Å². The predicted molar refractivity (Wildman–Crippen MR) is 89.3 cm³/mol. The number of carbonyl (C=O) groups is 2. The third-order valence-electron chi connectivity index (χ3n) is 3.88. The lowest BCUT2D eigenvalue weighted by Gasteiger charge is -2.24. The highest BCUT2D eigenvalue weighted by atomic mass is 19.1. The summed E-state index contributed by atoms with van der Waals surface area (Å²) in [6, 6.07) is 4.74. The number of urea groups is 1. The van der Waals surface area contributed by atoms with Crippen molar-refractivity contribution in [2.45, 2.75) is 32.2 Å². The van der Waals surface area contributed by atoms with E-state index in [1.54, 1.807) is 0 Å². The second kappa shape index (κ2) is 9.22. The van der Waals surface area contributed by atoms with Gasteiger partial charge in [-0.25, -0.2) is 9.18 Å². The van der Waals surface area contributed by atoms with Crippen molar-refractivity contribution in [3.05, 3.63) is 30.1 Å². The maximum atomic E-state index is 12.9. The number of rotatable bonds is 7. The number of nitrogens with one attached hydrogen (secondary N) is 2. The van der Waals surface area contributed by atoms with Crippen LogP contribution in [-0.2, 0) is 9.53 Å². The van der Waals surface area contributed by atoms with E-state index in [0.29, 0.717) is 38.4 Å². The summed E-state index contributed by atoms with van der Waals surface area (Å²) in [5.74, 6) is -0.503. The van der Waals surface area contributed by atoms with Gasteiger partial charge in [0.05, 0.1) is 0 Å². The van der Waals surface area contributed by atoms with E-state index in [1.165, 1.54) is 29.2 Å². The minimum absolute atomic E-state index is 0.141. The Hall–Kier alpha value is -2.15. The molecule has 7 heteroatoms. The largest absolute Gasteiger partial charge is 0.382 e. The summed E-state index contributed by atoms with van der Waals surface area (Å²) in [5, 5.41) is 5.55. The molecule has 0 radical (unpaired) electrons. The molecule has 0 saturated carbocycles. The monoisotopic (exact) mass is 337 g/mol. The molecule has 0 aromatic heterocycles. The summed E-state index contributed by atoms with van der Waals surface area (Å²) in [5.41, 5.74) is 0.504. The lowest BCUT2D eigenvalue weighted by molar-refractivity contribution is -0.124. The molecule has 0 spiro atoms. The van der Waals surface area contributed by atoms with Gasteiger partial charge in [0.15, 0.2) is 0 Å². The van der Waals surface area contributed by atoms with Crippen molar-refractivity contribution < 1.29 is 18.7 Å². The number of likely N-dealkylation sites (tertiary alicyclic amines) is 1. The molecule has 1 atom stereocenters. The number of benzene rings is 1. The zero-order valence-electron chi connectivity index (χ0n) is 13.9. The van der Waals surface area contributed by atoms with Gasteiger partial charge in [-0.05, 0) is 50.5 Å². The molecule has 1 unspecified atom stereocenters. The third-order valence-corrected chi connectivity index (χ3v) is 3.88. The molecule has 1 heterocycles. The van der Waals surface area contributed by atoms with E-state index >= 15 is 0 Å². The maximum Gasteiger partial charge on any atom is 0.322 e. The van der Waals surface area contributed by atoms with E-state index in [0.717, 1.165) is 12.8 Å². The normalized spacial score (nSPS) is 16.9. The Morgan fingerprint density at radius 1 is 1.33 bits per heavy atom. The van der Waals surface area contributed by atoms with Crippen molar-refractivity contribution in [2.24, 2.45) is 0 Å². The lowest BCUT2D eigenvalue weighted by Crippen LogP contribution is -2.47. The SMILES string of the molecule is CCOCCCNC(=O)C1CCCN1C(=O)Nc1ccc(F)cc1. The Kier molecular flexibility index (Phi) is 6.99. The number of ether oxygens (including phenoxy) is 1. The fourth-order valence-electron chi connectivity index (χ4n) is 2.66. The van der Waals surface area contributed by atoms with Crippen molar-refractivity contribution in [1.82, 2.24) is 10.2 Å². The summed E-state index contributed by atoms with van der Waals surface area (Å²) in [6.07, 6.45) is 2.18. The summed E-state index contributed by atoms with van der Waals surface area (Å²) >= 11 is 0. The average Bonchev–Trinajstić information content (AvgIpc) is 3.06. The number of carbonyl (C=O) groups excluding carboxylic acids is 2. The van der Waals surface area contributed by atoms with Crippen LogP contribution in [0.2, 0.25) is 0 Å². The predicted octanol–water partition coefficient (Wildman–Crippen LogP) is 2.36. The van der Waals surface area contributed by atoms with Gasteiger partial charge in [0.25, 0.3) is 0 Å². The number of halogens is 1. The zero-order chi connectivity index (χ0) is 17.4. The van der Waals surface area contributed by atoms with Gasteiger partial charge in [-0.2, -0.15) is 0 Å². The van der Waals surface area contributed by atoms with Crippen molar-refractivity contribution in [3.63, 3.8) is 0 Å². The van der Waals surface area contributed by atoms with Gasteiger partial charge >= 0.3 is 6.03 Å². The second-order valence-corrected chi connectivity index (χ2v) is 5.63. The van der Waals surface area contributed by atoms with Crippen LogP contribution in [0.3, 0.4) is 0 Å². The van der Waals surface area contributed by atoms with Crippen LogP contribution in [0.1, 0.15) is 26.2 Å². The number of anilines is 1. The first-order valence-corrected chi connectivity index (χ1v) is 8.30. The van der Waals surface area contributed by atoms with Gasteiger partial charge < -0.3 is 20.3 Å². The van der Waals surface area contributed by atoms with Crippen LogP contribution >= 0.6 is 0 Å². The highest BCUT2D eigenvalue weighted by Crippen LogP contribution is 2.19. The van der Waals surface area contributed by atoms with Gasteiger partial charge in [0.1, 0.15) is 11.9 Å². The van der Waals surface area contributed by atoms with Crippen LogP contribution in [0.25, 0.3) is 0 Å². The molecule has 2 N–H and O–H groups in total. The summed E-state index contributed by atoms with van der Waals surface area (Å²) < 4.78 is 18.1. The van der Waals surface area contributed by atoms with Crippen LogP contribution in [-0.4, -0.2) is 49.2 Å². The van der Waals surface area contributed by atoms with Crippen LogP contribution in [0.5, 0.6) is 0 Å². The quantitative estimate of drug-likeness (QED) is 0.751. The minimum atomic E-state index is -0.461. The van der Waals surface area contributed by atoms with Gasteiger partial charge in [0, 0.05) is 32.0 Å². The second-order valence-electron chi connectivity index (χ2n) is 5.63. The summed E-state index contributed by atoms with van der Waals surface area (Å²) in [7, 11) is 0. The van der Waals surface area contributed by atoms with Crippen LogP contribution in [0.15, 0.2) is 24.3 Å². The molecule has 1 aromatic rings. The molecule has 1 saturated heterocycles. The molecule has 2 rings (SSSR count). The van der Waals surface area contributed by atoms with Gasteiger partial charge in [-0.15, -0.1) is 0 Å². The fraction of sp³-hybridized carbons (Fsp3) is 0.529. The van der Waals surface area contributed by atoms with E-state index in [4.69, 9.17) is 4.74 Å². The van der Waals surface area contributed by atoms with Gasteiger partial charge in [-0.1, -0.05) is 0 Å². The molecule has 0 bridgehead atoms. The number of amides is 3. The Balaban J connectivity index is 1.83. The van der Waals surface area contributed by atoms with Gasteiger partial charge in [-0.3, -0.25) is 4.79 Å². The molecule has 1 aliphatic rings. The molecule has 3 amide bonds. The van der Waals surface area contributed by atoms with Crippen LogP contribution in [0.4, 0.5) is 14.9 Å². The van der Waals surface area contributed by atoms with E-state index in [9.17, 15) is 14.0 Å². The Bertz CT molecular complexity index is 551. The first-order valence-electron chi connectivity index (χ1n) is 8.30. The standard InChI is InChI=1S/C17H24FN3O3/c1-2-24-12-4-10-19-16(22)15-5-3-11-21(15)17(23)20-14-8-6-13(18)7-9-14/h6-9,15H,2-5,10-12H2,1H3,(H,19,22)(H,20,23). The number of hydrogen-bond acceptors (Lipinski definition) is 3. The van der Waals surface area contributed by atoms with E-state index < -0.39 is 6.04 Å². The molecule has 1 aliphatic heterocycles. The van der Waals surface area contributed by atoms with Gasteiger partial charge in [0.2, 0.25) is 5.91 Å². The minimum Gasteiger partial charge on any atom is -0.382 e. The number of hydrogen-bond donors (Lipinski definition) is 2. The van der Waals surface area contributed by atoms with E-state index in [1.807, 2.05) is 6.92 Å². The topological polar surface area (TPSA) is 70.7 Å². The van der Waals surface area contributed by atoms with E-state index in [-0.39, 0.29) is 17.8 Å². The first-order chi connectivity index (χ1) is 11.6. The zero-order valence-corrected chi connectivity index (χ0v) is 13.9. The van der Waals surface area contributed by atoms with Crippen molar-refractivity contribution >= 4 is 17.6 Å². The molecule has 0 aliphatic carbocycles. The fourth-order valence-corrected chi connectivity index (χ4v) is 2.66. The molecule has 132 valence electrons. The molecule has 1 aromatic carbocycles. The van der Waals surface area contributed by atoms with Crippen molar-refractivity contribution in [2.75, 3.05) is 31.6 Å². The van der Waals surface area contributed by atoms with Crippen LogP contribution in [0, 0.1) is 5.82 Å². The molecular weight excluding hydrogens is 313 g/mol.